The fourth-order valence-electron chi connectivity index (χ4n) is 4.27. The van der Waals surface area contributed by atoms with Crippen molar-refractivity contribution in [2.24, 2.45) is 0 Å². The van der Waals surface area contributed by atoms with Crippen molar-refractivity contribution in [2.75, 3.05) is 23.4 Å². The van der Waals surface area contributed by atoms with Gasteiger partial charge >= 0.3 is 0 Å². The Morgan fingerprint density at radius 2 is 1.66 bits per heavy atom. The number of amides is 2. The number of hydrogen-bond donors (Lipinski definition) is 5. The van der Waals surface area contributed by atoms with Gasteiger partial charge in [-0.25, -0.2) is 5.48 Å². The van der Waals surface area contributed by atoms with Crippen molar-refractivity contribution in [1.82, 2.24) is 5.48 Å². The zero-order valence-electron chi connectivity index (χ0n) is 21.5. The number of thioether (sulfide) groups is 1. The van der Waals surface area contributed by atoms with Crippen molar-refractivity contribution in [3.05, 3.63) is 65.2 Å². The van der Waals surface area contributed by atoms with Crippen LogP contribution in [-0.2, 0) is 25.7 Å². The predicted octanol–water partition coefficient (Wildman–Crippen LogP) is 4.23. The summed E-state index contributed by atoms with van der Waals surface area (Å²) in [7, 11) is 0. The highest BCUT2D eigenvalue weighted by atomic mass is 32.2. The first-order chi connectivity index (χ1) is 18.5. The summed E-state index contributed by atoms with van der Waals surface area (Å²) < 4.78 is 12.6. The number of ether oxygens (including phenoxy) is 2. The molecule has 1 aliphatic heterocycles. The lowest BCUT2D eigenvalue weighted by Crippen LogP contribution is -2.31. The van der Waals surface area contributed by atoms with Gasteiger partial charge in [0.2, 0.25) is 11.8 Å². The van der Waals surface area contributed by atoms with Gasteiger partial charge < -0.3 is 25.0 Å². The maximum atomic E-state index is 12.5. The standard InChI is InChI=1S/C28H38N2O7S/c31-14-15-38-19-24-17-25(21-12-10-20(18-32)11-13-21)37-28(36-24)22-6-5-7-23(16-22)29-26(33)8-3-1-2-4-9-27(34)30-35/h5-7,10-13,16,24-25,28,31-32,35H,1-4,8-9,14-15,17-19H2,(H,29,33)(H,30,34). The van der Waals surface area contributed by atoms with E-state index >= 15 is 0 Å². The summed E-state index contributed by atoms with van der Waals surface area (Å²) >= 11 is 1.64. The molecule has 0 bridgehead atoms. The van der Waals surface area contributed by atoms with Gasteiger partial charge in [-0.1, -0.05) is 49.2 Å². The van der Waals surface area contributed by atoms with Crippen LogP contribution in [0.4, 0.5) is 5.69 Å². The predicted molar refractivity (Wildman–Crippen MR) is 146 cm³/mol. The molecule has 3 rings (SSSR count). The lowest BCUT2D eigenvalue weighted by atomic mass is 10.0. The Labute approximate surface area is 227 Å². The molecule has 0 aromatic heterocycles. The number of carbonyl (C=O) groups is 2. The number of hydroxylamine groups is 1. The number of aliphatic hydroxyl groups excluding tert-OH is 2. The van der Waals surface area contributed by atoms with Gasteiger partial charge in [0.25, 0.3) is 0 Å². The van der Waals surface area contributed by atoms with Gasteiger partial charge in [-0.3, -0.25) is 14.8 Å². The van der Waals surface area contributed by atoms with E-state index in [4.69, 9.17) is 19.8 Å². The van der Waals surface area contributed by atoms with Crippen molar-refractivity contribution in [1.29, 1.82) is 0 Å². The molecule has 9 nitrogen and oxygen atoms in total. The van der Waals surface area contributed by atoms with Crippen LogP contribution in [0.2, 0.25) is 0 Å². The van der Waals surface area contributed by atoms with Crippen LogP contribution in [-0.4, -0.2) is 51.5 Å². The average Bonchev–Trinajstić information content (AvgIpc) is 2.95. The molecule has 5 N–H and O–H groups in total. The van der Waals surface area contributed by atoms with Crippen molar-refractivity contribution in [3.8, 4) is 0 Å². The highest BCUT2D eigenvalue weighted by Gasteiger charge is 2.32. The monoisotopic (exact) mass is 546 g/mol. The summed E-state index contributed by atoms with van der Waals surface area (Å²) in [6.07, 6.45) is 3.47. The van der Waals surface area contributed by atoms with Crippen LogP contribution in [0.15, 0.2) is 48.5 Å². The molecule has 10 heteroatoms. The number of anilines is 1. The lowest BCUT2D eigenvalue weighted by Gasteiger charge is -2.36. The Balaban J connectivity index is 1.58. The van der Waals surface area contributed by atoms with Gasteiger partial charge in [0, 0.05) is 42.0 Å². The minimum absolute atomic E-state index is 0.0141. The van der Waals surface area contributed by atoms with E-state index in [0.29, 0.717) is 37.1 Å². The number of aliphatic hydroxyl groups is 2. The number of nitrogens with one attached hydrogen (secondary N) is 2. The first-order valence-corrected chi connectivity index (χ1v) is 14.2. The molecule has 3 atom stereocenters. The van der Waals surface area contributed by atoms with Crippen LogP contribution in [0.3, 0.4) is 0 Å². The Morgan fingerprint density at radius 1 is 0.921 bits per heavy atom. The molecular weight excluding hydrogens is 508 g/mol. The molecular formula is C28H38N2O7S. The molecule has 0 spiro atoms. The van der Waals surface area contributed by atoms with Gasteiger partial charge in [-0.05, 0) is 36.1 Å². The van der Waals surface area contributed by atoms with E-state index in [0.717, 1.165) is 35.3 Å². The topological polar surface area (TPSA) is 137 Å². The first-order valence-electron chi connectivity index (χ1n) is 13.0. The molecule has 0 radical (unpaired) electrons. The maximum Gasteiger partial charge on any atom is 0.243 e. The molecule has 38 heavy (non-hydrogen) atoms. The number of hydrogen-bond acceptors (Lipinski definition) is 8. The van der Waals surface area contributed by atoms with E-state index in [-0.39, 0.29) is 37.7 Å². The second kappa shape index (κ2) is 16.5. The maximum absolute atomic E-state index is 12.5. The van der Waals surface area contributed by atoms with Gasteiger partial charge in [-0.15, -0.1) is 0 Å². The van der Waals surface area contributed by atoms with Gasteiger partial charge in [0.15, 0.2) is 6.29 Å². The van der Waals surface area contributed by atoms with Crippen LogP contribution >= 0.6 is 11.8 Å². The summed E-state index contributed by atoms with van der Waals surface area (Å²) in [4.78, 5) is 23.5. The SMILES string of the molecule is O=C(CCCCCCC(=O)Nc1cccc(C2OC(CSCCO)CC(c3ccc(CO)cc3)O2)c1)NO. The van der Waals surface area contributed by atoms with Gasteiger partial charge in [0.05, 0.1) is 25.4 Å². The van der Waals surface area contributed by atoms with Gasteiger partial charge in [-0.2, -0.15) is 11.8 Å². The molecule has 2 amide bonds. The van der Waals surface area contributed by atoms with Crippen LogP contribution in [0.5, 0.6) is 0 Å². The Morgan fingerprint density at radius 3 is 2.34 bits per heavy atom. The molecule has 1 heterocycles. The minimum atomic E-state index is -0.612. The lowest BCUT2D eigenvalue weighted by molar-refractivity contribution is -0.245. The van der Waals surface area contributed by atoms with Gasteiger partial charge in [0.1, 0.15) is 0 Å². The van der Waals surface area contributed by atoms with E-state index in [1.165, 1.54) is 0 Å². The fraction of sp³-hybridized carbons (Fsp3) is 0.500. The summed E-state index contributed by atoms with van der Waals surface area (Å²) in [6, 6.07) is 15.2. The molecule has 208 valence electrons. The molecule has 0 aliphatic carbocycles. The fourth-order valence-corrected chi connectivity index (χ4v) is 5.04. The second-order valence-electron chi connectivity index (χ2n) is 9.27. The minimum Gasteiger partial charge on any atom is -0.396 e. The zero-order valence-corrected chi connectivity index (χ0v) is 22.3. The quantitative estimate of drug-likeness (QED) is 0.127. The molecule has 3 unspecified atom stereocenters. The Kier molecular flexibility index (Phi) is 13.0. The molecule has 1 saturated heterocycles. The van der Waals surface area contributed by atoms with Crippen LogP contribution < -0.4 is 10.8 Å². The Bertz CT molecular complexity index is 1000. The first kappa shape index (κ1) is 30.1. The third kappa shape index (κ3) is 10.0. The summed E-state index contributed by atoms with van der Waals surface area (Å²) in [5, 5.41) is 30.0. The largest absolute Gasteiger partial charge is 0.396 e. The molecule has 2 aromatic carbocycles. The third-order valence-corrected chi connectivity index (χ3v) is 7.36. The number of unbranched alkanes of at least 4 members (excludes halogenated alkanes) is 3. The number of benzene rings is 2. The van der Waals surface area contributed by atoms with E-state index in [9.17, 15) is 14.7 Å². The van der Waals surface area contributed by atoms with E-state index in [1.54, 1.807) is 17.2 Å². The van der Waals surface area contributed by atoms with Crippen LogP contribution in [0, 0.1) is 0 Å². The van der Waals surface area contributed by atoms with Crippen molar-refractivity contribution >= 4 is 29.3 Å². The highest BCUT2D eigenvalue weighted by Crippen LogP contribution is 2.39. The number of rotatable bonds is 15. The van der Waals surface area contributed by atoms with Crippen LogP contribution in [0.25, 0.3) is 0 Å². The summed E-state index contributed by atoms with van der Waals surface area (Å²) in [5.74, 6) is 0.892. The summed E-state index contributed by atoms with van der Waals surface area (Å²) in [6.45, 7) is 0.103. The smallest absolute Gasteiger partial charge is 0.243 e. The van der Waals surface area contributed by atoms with E-state index in [1.807, 2.05) is 48.5 Å². The van der Waals surface area contributed by atoms with Crippen molar-refractivity contribution < 1.29 is 34.5 Å². The van der Waals surface area contributed by atoms with E-state index in [2.05, 4.69) is 5.32 Å². The average molecular weight is 547 g/mol. The molecule has 2 aromatic rings. The van der Waals surface area contributed by atoms with Crippen molar-refractivity contribution in [3.63, 3.8) is 0 Å². The second-order valence-corrected chi connectivity index (χ2v) is 10.4. The number of carbonyl (C=O) groups excluding carboxylic acids is 2. The van der Waals surface area contributed by atoms with Crippen LogP contribution in [0.1, 0.15) is 74.0 Å². The third-order valence-electron chi connectivity index (χ3n) is 6.28. The molecule has 1 fully saturated rings. The zero-order chi connectivity index (χ0) is 27.2. The van der Waals surface area contributed by atoms with E-state index < -0.39 is 12.2 Å². The molecule has 1 aliphatic rings. The normalized spacial score (nSPS) is 19.2. The summed E-state index contributed by atoms with van der Waals surface area (Å²) in [5.41, 5.74) is 4.94. The highest BCUT2D eigenvalue weighted by molar-refractivity contribution is 7.99. The van der Waals surface area contributed by atoms with Crippen molar-refractivity contribution in [2.45, 2.75) is 70.1 Å². The molecule has 0 saturated carbocycles. The Hall–Kier alpha value is -2.47.